The third-order valence-corrected chi connectivity index (χ3v) is 4.10. The fourth-order valence-electron chi connectivity index (χ4n) is 2.80. The van der Waals surface area contributed by atoms with Crippen LogP contribution in [0.25, 0.3) is 0 Å². The SMILES string of the molecule is CC1CCC(C)C(O)(Cc2nccn2C)C1. The topological polar surface area (TPSA) is 38.1 Å². The summed E-state index contributed by atoms with van der Waals surface area (Å²) in [4.78, 5) is 4.32. The van der Waals surface area contributed by atoms with Crippen LogP contribution >= 0.6 is 0 Å². The number of aryl methyl sites for hydroxylation is 1. The van der Waals surface area contributed by atoms with Crippen LogP contribution in [0, 0.1) is 11.8 Å². The first-order chi connectivity index (χ1) is 7.51. The Hall–Kier alpha value is -0.830. The van der Waals surface area contributed by atoms with Crippen molar-refractivity contribution >= 4 is 0 Å². The Kier molecular flexibility index (Phi) is 3.06. The molecule has 1 aliphatic carbocycles. The summed E-state index contributed by atoms with van der Waals surface area (Å²) in [6.07, 6.45) is 7.69. The number of aliphatic hydroxyl groups is 1. The van der Waals surface area contributed by atoms with Crippen molar-refractivity contribution in [2.75, 3.05) is 0 Å². The Labute approximate surface area is 97.5 Å². The molecule has 0 bridgehead atoms. The van der Waals surface area contributed by atoms with Gasteiger partial charge in [-0.1, -0.05) is 20.3 Å². The smallest absolute Gasteiger partial charge is 0.111 e. The van der Waals surface area contributed by atoms with E-state index in [4.69, 9.17) is 0 Å². The van der Waals surface area contributed by atoms with Gasteiger partial charge in [-0.15, -0.1) is 0 Å². The number of hydrogen-bond acceptors (Lipinski definition) is 2. The first kappa shape index (κ1) is 11.6. The lowest BCUT2D eigenvalue weighted by molar-refractivity contribution is -0.0577. The number of rotatable bonds is 2. The van der Waals surface area contributed by atoms with Gasteiger partial charge in [0.2, 0.25) is 0 Å². The molecule has 2 rings (SSSR count). The number of imidazole rings is 1. The average molecular weight is 222 g/mol. The molecule has 90 valence electrons. The zero-order valence-corrected chi connectivity index (χ0v) is 10.5. The Balaban J connectivity index is 2.14. The lowest BCUT2D eigenvalue weighted by atomic mass is 9.70. The highest BCUT2D eigenvalue weighted by molar-refractivity contribution is 5.01. The summed E-state index contributed by atoms with van der Waals surface area (Å²) in [7, 11) is 1.99. The molecule has 0 spiro atoms. The fraction of sp³-hybridized carbons (Fsp3) is 0.769. The quantitative estimate of drug-likeness (QED) is 0.832. The first-order valence-electron chi connectivity index (χ1n) is 6.20. The Morgan fingerprint density at radius 1 is 1.50 bits per heavy atom. The highest BCUT2D eigenvalue weighted by Gasteiger charge is 2.39. The molecule has 3 atom stereocenters. The molecule has 1 heterocycles. The molecule has 0 aromatic carbocycles. The van der Waals surface area contributed by atoms with Gasteiger partial charge in [-0.25, -0.2) is 4.98 Å². The molecule has 3 nitrogen and oxygen atoms in total. The van der Waals surface area contributed by atoms with E-state index >= 15 is 0 Å². The highest BCUT2D eigenvalue weighted by Crippen LogP contribution is 2.38. The second kappa shape index (κ2) is 4.21. The molecule has 0 aliphatic heterocycles. The van der Waals surface area contributed by atoms with E-state index in [9.17, 15) is 5.11 Å². The number of hydrogen-bond donors (Lipinski definition) is 1. The summed E-state index contributed by atoms with van der Waals surface area (Å²) in [5.74, 6) is 1.99. The van der Waals surface area contributed by atoms with Gasteiger partial charge in [0.05, 0.1) is 5.60 Å². The second-order valence-corrected chi connectivity index (χ2v) is 5.52. The van der Waals surface area contributed by atoms with E-state index in [2.05, 4.69) is 18.8 Å². The van der Waals surface area contributed by atoms with Crippen LogP contribution in [0.5, 0.6) is 0 Å². The molecule has 16 heavy (non-hydrogen) atoms. The maximum Gasteiger partial charge on any atom is 0.111 e. The molecule has 1 aliphatic rings. The van der Waals surface area contributed by atoms with Crippen LogP contribution < -0.4 is 0 Å². The molecule has 3 unspecified atom stereocenters. The van der Waals surface area contributed by atoms with E-state index in [0.29, 0.717) is 18.3 Å². The van der Waals surface area contributed by atoms with Gasteiger partial charge in [0.1, 0.15) is 5.82 Å². The van der Waals surface area contributed by atoms with Gasteiger partial charge in [0.25, 0.3) is 0 Å². The van der Waals surface area contributed by atoms with Crippen LogP contribution in [0.3, 0.4) is 0 Å². The van der Waals surface area contributed by atoms with Gasteiger partial charge in [0.15, 0.2) is 0 Å². The molecule has 1 N–H and O–H groups in total. The van der Waals surface area contributed by atoms with Gasteiger partial charge in [-0.05, 0) is 24.7 Å². The summed E-state index contributed by atoms with van der Waals surface area (Å²) in [5, 5.41) is 10.8. The Morgan fingerprint density at radius 3 is 2.88 bits per heavy atom. The molecule has 1 aromatic rings. The van der Waals surface area contributed by atoms with E-state index in [0.717, 1.165) is 18.7 Å². The molecule has 1 aromatic heterocycles. The fourth-order valence-corrected chi connectivity index (χ4v) is 2.80. The van der Waals surface area contributed by atoms with Gasteiger partial charge in [-0.2, -0.15) is 0 Å². The summed E-state index contributed by atoms with van der Waals surface area (Å²) < 4.78 is 2.00. The summed E-state index contributed by atoms with van der Waals surface area (Å²) in [5.41, 5.74) is -0.559. The van der Waals surface area contributed by atoms with Crippen molar-refractivity contribution in [2.24, 2.45) is 18.9 Å². The van der Waals surface area contributed by atoms with Crippen LogP contribution in [-0.4, -0.2) is 20.3 Å². The van der Waals surface area contributed by atoms with Crippen molar-refractivity contribution in [3.63, 3.8) is 0 Å². The predicted molar refractivity (Wildman–Crippen MR) is 64.0 cm³/mol. The summed E-state index contributed by atoms with van der Waals surface area (Å²) in [6, 6.07) is 0. The maximum atomic E-state index is 10.8. The number of aromatic nitrogens is 2. The zero-order chi connectivity index (χ0) is 11.8. The van der Waals surface area contributed by atoms with Gasteiger partial charge >= 0.3 is 0 Å². The molecular weight excluding hydrogens is 200 g/mol. The third kappa shape index (κ3) is 2.14. The van der Waals surface area contributed by atoms with Crippen LogP contribution in [0.2, 0.25) is 0 Å². The minimum atomic E-state index is -0.559. The largest absolute Gasteiger partial charge is 0.389 e. The average Bonchev–Trinajstić information content (AvgIpc) is 2.59. The van der Waals surface area contributed by atoms with Crippen LogP contribution in [-0.2, 0) is 13.5 Å². The highest BCUT2D eigenvalue weighted by atomic mass is 16.3. The van der Waals surface area contributed by atoms with E-state index in [1.807, 2.05) is 17.8 Å². The predicted octanol–water partition coefficient (Wildman–Crippen LogP) is 2.15. The van der Waals surface area contributed by atoms with Crippen molar-refractivity contribution < 1.29 is 5.11 Å². The van der Waals surface area contributed by atoms with Crippen molar-refractivity contribution in [3.8, 4) is 0 Å². The molecule has 1 fully saturated rings. The molecule has 0 radical (unpaired) electrons. The summed E-state index contributed by atoms with van der Waals surface area (Å²) in [6.45, 7) is 4.39. The molecule has 3 heteroatoms. The van der Waals surface area contributed by atoms with Gasteiger partial charge < -0.3 is 9.67 Å². The normalized spacial score (nSPS) is 35.2. The van der Waals surface area contributed by atoms with Gasteiger partial charge in [0, 0.05) is 25.9 Å². The summed E-state index contributed by atoms with van der Waals surface area (Å²) >= 11 is 0. The zero-order valence-electron chi connectivity index (χ0n) is 10.5. The lowest BCUT2D eigenvalue weighted by Crippen LogP contribution is -2.44. The second-order valence-electron chi connectivity index (χ2n) is 5.52. The standard InChI is InChI=1S/C13H22N2O/c1-10-4-5-11(2)13(16,8-10)9-12-14-6-7-15(12)3/h6-7,10-11,16H,4-5,8-9H2,1-3H3. The van der Waals surface area contributed by atoms with Crippen LogP contribution in [0.15, 0.2) is 12.4 Å². The first-order valence-corrected chi connectivity index (χ1v) is 6.20. The van der Waals surface area contributed by atoms with E-state index in [1.54, 1.807) is 6.20 Å². The van der Waals surface area contributed by atoms with Gasteiger partial charge in [-0.3, -0.25) is 0 Å². The molecule has 0 saturated heterocycles. The van der Waals surface area contributed by atoms with Crippen molar-refractivity contribution in [2.45, 2.75) is 45.1 Å². The van der Waals surface area contributed by atoms with Crippen LogP contribution in [0.4, 0.5) is 0 Å². The van der Waals surface area contributed by atoms with Crippen molar-refractivity contribution in [1.29, 1.82) is 0 Å². The van der Waals surface area contributed by atoms with Crippen molar-refractivity contribution in [3.05, 3.63) is 18.2 Å². The third-order valence-electron chi connectivity index (χ3n) is 4.10. The Bertz CT molecular complexity index is 361. The molecule has 0 amide bonds. The van der Waals surface area contributed by atoms with Crippen LogP contribution in [0.1, 0.15) is 38.9 Å². The Morgan fingerprint density at radius 2 is 2.25 bits per heavy atom. The monoisotopic (exact) mass is 222 g/mol. The van der Waals surface area contributed by atoms with Crippen molar-refractivity contribution in [1.82, 2.24) is 9.55 Å². The molecule has 1 saturated carbocycles. The van der Waals surface area contributed by atoms with E-state index in [1.165, 1.54) is 6.42 Å². The maximum absolute atomic E-state index is 10.8. The minimum absolute atomic E-state index is 0.375. The number of nitrogens with zero attached hydrogens (tertiary/aromatic N) is 2. The molecular formula is C13H22N2O. The minimum Gasteiger partial charge on any atom is -0.389 e. The van der Waals surface area contributed by atoms with E-state index < -0.39 is 5.60 Å². The van der Waals surface area contributed by atoms with E-state index in [-0.39, 0.29) is 0 Å². The lowest BCUT2D eigenvalue weighted by Gasteiger charge is -2.40.